The molecule has 39 heavy (non-hydrogen) atoms. The van der Waals surface area contributed by atoms with Crippen LogP contribution in [0.4, 0.5) is 36.7 Å². The Morgan fingerprint density at radius 1 is 1.00 bits per heavy atom. The van der Waals surface area contributed by atoms with E-state index in [1.54, 1.807) is 41.5 Å². The molecule has 1 atom stereocenters. The summed E-state index contributed by atoms with van der Waals surface area (Å²) in [5.41, 5.74) is -3.10. The number of rotatable bonds is 8. The maximum Gasteiger partial charge on any atom is 0.416 e. The molecule has 218 valence electrons. The number of aliphatic hydroxyl groups excluding tert-OH is 1. The Labute approximate surface area is 227 Å². The summed E-state index contributed by atoms with van der Waals surface area (Å²) < 4.78 is 77.8. The summed E-state index contributed by atoms with van der Waals surface area (Å²) >= 11 is 0.690. The van der Waals surface area contributed by atoms with Crippen molar-refractivity contribution in [2.75, 3.05) is 18.1 Å². The molecule has 0 fully saturated rings. The molecule has 1 heterocycles. The Morgan fingerprint density at radius 2 is 1.56 bits per heavy atom. The predicted molar refractivity (Wildman–Crippen MR) is 135 cm³/mol. The van der Waals surface area contributed by atoms with Gasteiger partial charge in [0.1, 0.15) is 23.5 Å². The predicted octanol–water partition coefficient (Wildman–Crippen LogP) is 6.12. The third-order valence-corrected chi connectivity index (χ3v) is 5.66. The quantitative estimate of drug-likeness (QED) is 0.364. The normalized spacial score (nSPS) is 13.5. The van der Waals surface area contributed by atoms with Crippen molar-refractivity contribution in [3.8, 4) is 0 Å². The lowest BCUT2D eigenvalue weighted by molar-refractivity contribution is -0.137. The molecule has 0 spiro atoms. The number of ether oxygens (including phenoxy) is 2. The number of hydrogen-bond donors (Lipinski definition) is 2. The van der Waals surface area contributed by atoms with E-state index in [9.17, 15) is 31.5 Å². The minimum atomic E-state index is -4.54. The Morgan fingerprint density at radius 3 is 2.05 bits per heavy atom. The van der Waals surface area contributed by atoms with Crippen LogP contribution in [0.15, 0.2) is 29.6 Å². The number of benzene rings is 1. The van der Waals surface area contributed by atoms with Gasteiger partial charge in [-0.05, 0) is 65.7 Å². The summed E-state index contributed by atoms with van der Waals surface area (Å²) in [6, 6.07) is 3.27. The molecule has 8 nitrogen and oxygen atoms in total. The topological polar surface area (TPSA) is 101 Å². The van der Waals surface area contributed by atoms with Crippen LogP contribution in [0.25, 0.3) is 0 Å². The largest absolute Gasteiger partial charge is 0.444 e. The fourth-order valence-electron chi connectivity index (χ4n) is 3.16. The van der Waals surface area contributed by atoms with Crippen LogP contribution < -0.4 is 10.2 Å². The SMILES string of the molecule is CC(C)(C)OC(=O)N[C@@H](Cc1ccc(C(F)(F)F)cc1)CN(C(=O)OC(C)(C)C)c1nc(C(F)(F)CO)cs1. The summed E-state index contributed by atoms with van der Waals surface area (Å²) in [5, 5.41) is 12.4. The Kier molecular flexibility index (Phi) is 9.93. The van der Waals surface area contributed by atoms with Crippen LogP contribution in [0.1, 0.15) is 58.4 Å². The van der Waals surface area contributed by atoms with Crippen molar-refractivity contribution in [3.63, 3.8) is 0 Å². The lowest BCUT2D eigenvalue weighted by Crippen LogP contribution is -2.49. The number of aliphatic hydroxyl groups is 1. The first kappa shape index (κ1) is 32.2. The zero-order chi connectivity index (χ0) is 29.8. The average Bonchev–Trinajstić information content (AvgIpc) is 3.25. The van der Waals surface area contributed by atoms with Crippen LogP contribution in [0, 0.1) is 0 Å². The second kappa shape index (κ2) is 12.0. The molecule has 2 N–H and O–H groups in total. The highest BCUT2D eigenvalue weighted by atomic mass is 32.1. The van der Waals surface area contributed by atoms with Gasteiger partial charge in [0.25, 0.3) is 0 Å². The van der Waals surface area contributed by atoms with Crippen molar-refractivity contribution in [2.45, 2.75) is 77.3 Å². The Balaban J connectivity index is 2.44. The molecule has 0 aliphatic carbocycles. The minimum absolute atomic E-state index is 0.0539. The van der Waals surface area contributed by atoms with E-state index < -0.39 is 59.4 Å². The minimum Gasteiger partial charge on any atom is -0.444 e. The molecule has 0 radical (unpaired) electrons. The molecular formula is C25H32F5N3O5S. The zero-order valence-electron chi connectivity index (χ0n) is 22.4. The van der Waals surface area contributed by atoms with E-state index in [2.05, 4.69) is 10.3 Å². The fraction of sp³-hybridized carbons (Fsp3) is 0.560. The summed E-state index contributed by atoms with van der Waals surface area (Å²) in [6.45, 7) is 7.81. The molecule has 2 rings (SSSR count). The van der Waals surface area contributed by atoms with E-state index in [-0.39, 0.29) is 18.1 Å². The van der Waals surface area contributed by atoms with E-state index in [0.717, 1.165) is 22.4 Å². The zero-order valence-corrected chi connectivity index (χ0v) is 23.2. The van der Waals surface area contributed by atoms with Crippen molar-refractivity contribution in [1.29, 1.82) is 0 Å². The first-order valence-corrected chi connectivity index (χ1v) is 12.7. The lowest BCUT2D eigenvalue weighted by atomic mass is 10.0. The molecule has 1 aromatic heterocycles. The second-order valence-electron chi connectivity index (χ2n) is 10.7. The third kappa shape index (κ3) is 10.2. The Hall–Kier alpha value is -3.00. The van der Waals surface area contributed by atoms with Gasteiger partial charge in [-0.25, -0.2) is 14.6 Å². The van der Waals surface area contributed by atoms with Crippen LogP contribution in [0.3, 0.4) is 0 Å². The number of alkyl halides is 5. The van der Waals surface area contributed by atoms with Crippen molar-refractivity contribution in [2.24, 2.45) is 0 Å². The number of nitrogens with zero attached hydrogens (tertiary/aromatic N) is 2. The van der Waals surface area contributed by atoms with Crippen LogP contribution in [-0.4, -0.2) is 52.7 Å². The highest BCUT2D eigenvalue weighted by Gasteiger charge is 2.36. The van der Waals surface area contributed by atoms with Gasteiger partial charge < -0.3 is 19.9 Å². The molecule has 2 aromatic rings. The smallest absolute Gasteiger partial charge is 0.416 e. The molecule has 0 bridgehead atoms. The molecular weight excluding hydrogens is 549 g/mol. The summed E-state index contributed by atoms with van der Waals surface area (Å²) in [6.07, 6.45) is -6.42. The monoisotopic (exact) mass is 581 g/mol. The van der Waals surface area contributed by atoms with E-state index in [1.807, 2.05) is 0 Å². The average molecular weight is 582 g/mol. The maximum atomic E-state index is 14.0. The number of aromatic nitrogens is 1. The van der Waals surface area contributed by atoms with Crippen LogP contribution >= 0.6 is 11.3 Å². The second-order valence-corrected chi connectivity index (χ2v) is 11.5. The van der Waals surface area contributed by atoms with Crippen molar-refractivity contribution < 1.29 is 46.1 Å². The van der Waals surface area contributed by atoms with Crippen LogP contribution in [0.5, 0.6) is 0 Å². The number of halogens is 5. The van der Waals surface area contributed by atoms with Gasteiger partial charge in [0.2, 0.25) is 0 Å². The van der Waals surface area contributed by atoms with Gasteiger partial charge in [0.15, 0.2) is 5.13 Å². The summed E-state index contributed by atoms with van der Waals surface area (Å²) in [7, 11) is 0. The first-order chi connectivity index (χ1) is 17.7. The highest BCUT2D eigenvalue weighted by Crippen LogP contribution is 2.33. The molecule has 0 saturated heterocycles. The fourth-order valence-corrected chi connectivity index (χ4v) is 4.02. The maximum absolute atomic E-state index is 14.0. The number of amides is 2. The van der Waals surface area contributed by atoms with Gasteiger partial charge >= 0.3 is 24.3 Å². The number of anilines is 1. The first-order valence-electron chi connectivity index (χ1n) is 11.8. The summed E-state index contributed by atoms with van der Waals surface area (Å²) in [5.74, 6) is -3.66. The Bertz CT molecular complexity index is 1120. The van der Waals surface area contributed by atoms with Gasteiger partial charge in [-0.15, -0.1) is 11.3 Å². The number of thiazole rings is 1. The van der Waals surface area contributed by atoms with Crippen LogP contribution in [0.2, 0.25) is 0 Å². The van der Waals surface area contributed by atoms with Gasteiger partial charge in [-0.1, -0.05) is 12.1 Å². The van der Waals surface area contributed by atoms with E-state index in [0.29, 0.717) is 16.9 Å². The molecule has 0 aliphatic rings. The molecule has 0 aliphatic heterocycles. The number of carbonyl (C=O) groups is 2. The molecule has 2 amide bonds. The van der Waals surface area contributed by atoms with Crippen molar-refractivity contribution in [1.82, 2.24) is 10.3 Å². The van der Waals surface area contributed by atoms with Gasteiger partial charge in [-0.3, -0.25) is 4.90 Å². The third-order valence-electron chi connectivity index (χ3n) is 4.80. The van der Waals surface area contributed by atoms with Crippen molar-refractivity contribution in [3.05, 3.63) is 46.5 Å². The highest BCUT2D eigenvalue weighted by molar-refractivity contribution is 7.14. The van der Waals surface area contributed by atoms with Gasteiger partial charge in [0, 0.05) is 5.38 Å². The van der Waals surface area contributed by atoms with E-state index in [4.69, 9.17) is 14.6 Å². The van der Waals surface area contributed by atoms with Crippen molar-refractivity contribution >= 4 is 28.7 Å². The number of hydrogen-bond acceptors (Lipinski definition) is 7. The van der Waals surface area contributed by atoms with Gasteiger partial charge in [-0.2, -0.15) is 22.0 Å². The van der Waals surface area contributed by atoms with E-state index >= 15 is 0 Å². The number of alkyl carbamates (subject to hydrolysis) is 1. The summed E-state index contributed by atoms with van der Waals surface area (Å²) in [4.78, 5) is 30.4. The molecule has 0 saturated carbocycles. The molecule has 1 aromatic carbocycles. The van der Waals surface area contributed by atoms with Crippen LogP contribution in [-0.2, 0) is 28.0 Å². The van der Waals surface area contributed by atoms with E-state index in [1.165, 1.54) is 12.1 Å². The number of carbonyl (C=O) groups excluding carboxylic acids is 2. The molecule has 14 heteroatoms. The molecule has 0 unspecified atom stereocenters. The standard InChI is InChI=1S/C25H32F5N3O5S/c1-22(2,3)37-20(35)31-17(11-15-7-9-16(10-8-15)25(28,29)30)12-33(21(36)38-23(4,5)6)19-32-18(13-39-19)24(26,27)14-34/h7-10,13,17,34H,11-12,14H2,1-6H3,(H,31,35)/t17-/m0/s1. The number of nitrogens with one attached hydrogen (secondary N) is 1. The van der Waals surface area contributed by atoms with Gasteiger partial charge in [0.05, 0.1) is 18.2 Å². The lowest BCUT2D eigenvalue weighted by Gasteiger charge is -2.30.